The van der Waals surface area contributed by atoms with Crippen molar-refractivity contribution in [3.05, 3.63) is 77.4 Å². The van der Waals surface area contributed by atoms with Crippen LogP contribution in [0.15, 0.2) is 60.7 Å². The summed E-state index contributed by atoms with van der Waals surface area (Å²) in [7, 11) is 1.62. The highest BCUT2D eigenvalue weighted by Gasteiger charge is 2.27. The van der Waals surface area contributed by atoms with Crippen LogP contribution in [0.2, 0.25) is 0 Å². The third-order valence-corrected chi connectivity index (χ3v) is 4.99. The van der Waals surface area contributed by atoms with E-state index < -0.39 is 12.8 Å². The maximum atomic E-state index is 12.6. The molecule has 0 aliphatic heterocycles. The van der Waals surface area contributed by atoms with Crippen LogP contribution in [0, 0.1) is 0 Å². The molecular weight excluding hydrogens is 407 g/mol. The van der Waals surface area contributed by atoms with Crippen molar-refractivity contribution < 1.29 is 27.4 Å². The van der Waals surface area contributed by atoms with Crippen LogP contribution < -0.4 is 10.1 Å². The lowest BCUT2D eigenvalue weighted by molar-refractivity contribution is -0.176. The molecule has 0 heterocycles. The summed E-state index contributed by atoms with van der Waals surface area (Å²) >= 11 is 0. The molecule has 3 aromatic rings. The van der Waals surface area contributed by atoms with Gasteiger partial charge in [-0.3, -0.25) is 4.79 Å². The van der Waals surface area contributed by atoms with E-state index in [1.807, 2.05) is 43.3 Å². The zero-order chi connectivity index (χ0) is 22.4. The van der Waals surface area contributed by atoms with E-state index in [2.05, 4.69) is 10.1 Å². The van der Waals surface area contributed by atoms with Crippen molar-refractivity contribution in [3.63, 3.8) is 0 Å². The van der Waals surface area contributed by atoms with Crippen molar-refractivity contribution in [1.82, 2.24) is 5.32 Å². The summed E-state index contributed by atoms with van der Waals surface area (Å²) in [5, 5.41) is 4.97. The first-order valence-corrected chi connectivity index (χ1v) is 9.83. The van der Waals surface area contributed by atoms with E-state index in [0.29, 0.717) is 12.1 Å². The Balaban J connectivity index is 1.54. The van der Waals surface area contributed by atoms with Crippen LogP contribution in [-0.2, 0) is 22.7 Å². The number of carbonyl (C=O) groups is 1. The average molecular weight is 431 g/mol. The highest BCUT2D eigenvalue weighted by atomic mass is 19.4. The number of hydrogen-bond acceptors (Lipinski definition) is 3. The summed E-state index contributed by atoms with van der Waals surface area (Å²) in [6.07, 6.45) is -4.33. The zero-order valence-corrected chi connectivity index (χ0v) is 17.3. The van der Waals surface area contributed by atoms with Gasteiger partial charge in [0, 0.05) is 6.54 Å². The number of nitrogens with one attached hydrogen (secondary N) is 1. The highest BCUT2D eigenvalue weighted by Crippen LogP contribution is 2.25. The van der Waals surface area contributed by atoms with E-state index in [1.54, 1.807) is 31.4 Å². The molecule has 0 unspecified atom stereocenters. The molecule has 0 aliphatic rings. The molecule has 0 fully saturated rings. The van der Waals surface area contributed by atoms with Gasteiger partial charge in [-0.15, -0.1) is 0 Å². The summed E-state index contributed by atoms with van der Waals surface area (Å²) < 4.78 is 46.3. The summed E-state index contributed by atoms with van der Waals surface area (Å²) in [6, 6.07) is 18.6. The molecule has 1 atom stereocenters. The second kappa shape index (κ2) is 9.83. The van der Waals surface area contributed by atoms with Gasteiger partial charge in [0.25, 0.3) is 0 Å². The highest BCUT2D eigenvalue weighted by molar-refractivity contribution is 5.88. The minimum Gasteiger partial charge on any atom is -0.497 e. The summed E-state index contributed by atoms with van der Waals surface area (Å²) in [5.41, 5.74) is 2.40. The SMILES string of the molecule is COc1ccc2cc([C@H](C)C(=O)NCc3ccc(COCC(F)(F)F)cc3)ccc2c1. The van der Waals surface area contributed by atoms with Crippen molar-refractivity contribution >= 4 is 16.7 Å². The fourth-order valence-electron chi connectivity index (χ4n) is 3.17. The Labute approximate surface area is 179 Å². The van der Waals surface area contributed by atoms with Gasteiger partial charge < -0.3 is 14.8 Å². The molecule has 3 rings (SSSR count). The maximum absolute atomic E-state index is 12.6. The average Bonchev–Trinajstić information content (AvgIpc) is 2.76. The Kier molecular flexibility index (Phi) is 7.17. The predicted octanol–water partition coefficient (Wildman–Crippen LogP) is 5.35. The van der Waals surface area contributed by atoms with Crippen molar-refractivity contribution in [3.8, 4) is 5.75 Å². The molecule has 0 radical (unpaired) electrons. The number of ether oxygens (including phenoxy) is 2. The molecule has 4 nitrogen and oxygen atoms in total. The molecule has 0 aliphatic carbocycles. The largest absolute Gasteiger partial charge is 0.497 e. The van der Waals surface area contributed by atoms with Crippen molar-refractivity contribution in [2.45, 2.75) is 32.2 Å². The molecule has 0 bridgehead atoms. The van der Waals surface area contributed by atoms with Crippen molar-refractivity contribution in [2.75, 3.05) is 13.7 Å². The second-order valence-corrected chi connectivity index (χ2v) is 7.34. The molecule has 7 heteroatoms. The molecule has 0 aromatic heterocycles. The summed E-state index contributed by atoms with van der Waals surface area (Å²) in [6.45, 7) is 0.792. The molecule has 164 valence electrons. The number of halogens is 3. The van der Waals surface area contributed by atoms with Gasteiger partial charge in [0.15, 0.2) is 0 Å². The van der Waals surface area contributed by atoms with E-state index in [9.17, 15) is 18.0 Å². The van der Waals surface area contributed by atoms with Crippen LogP contribution in [0.25, 0.3) is 10.8 Å². The van der Waals surface area contributed by atoms with Crippen LogP contribution in [0.5, 0.6) is 5.75 Å². The number of carbonyl (C=O) groups excluding carboxylic acids is 1. The van der Waals surface area contributed by atoms with Crippen molar-refractivity contribution in [2.24, 2.45) is 0 Å². The number of hydrogen-bond donors (Lipinski definition) is 1. The number of alkyl halides is 3. The van der Waals surface area contributed by atoms with Crippen LogP contribution in [0.1, 0.15) is 29.5 Å². The normalized spacial score (nSPS) is 12.5. The van der Waals surface area contributed by atoms with Gasteiger partial charge in [-0.1, -0.05) is 48.5 Å². The summed E-state index contributed by atoms with van der Waals surface area (Å²) in [4.78, 5) is 12.6. The predicted molar refractivity (Wildman–Crippen MR) is 113 cm³/mol. The fourth-order valence-corrected chi connectivity index (χ4v) is 3.17. The van der Waals surface area contributed by atoms with Crippen LogP contribution in [0.4, 0.5) is 13.2 Å². The number of rotatable bonds is 8. The molecular formula is C24H24F3NO3. The van der Waals surface area contributed by atoms with E-state index in [4.69, 9.17) is 4.74 Å². The molecule has 1 N–H and O–H groups in total. The maximum Gasteiger partial charge on any atom is 0.411 e. The van der Waals surface area contributed by atoms with E-state index in [1.165, 1.54) is 0 Å². The van der Waals surface area contributed by atoms with E-state index >= 15 is 0 Å². The third kappa shape index (κ3) is 6.46. The minimum atomic E-state index is -4.33. The Morgan fingerprint density at radius 3 is 2.29 bits per heavy atom. The molecule has 3 aromatic carbocycles. The zero-order valence-electron chi connectivity index (χ0n) is 17.3. The van der Waals surface area contributed by atoms with Crippen LogP contribution >= 0.6 is 0 Å². The molecule has 0 spiro atoms. The Bertz CT molecular complexity index is 1030. The van der Waals surface area contributed by atoms with Gasteiger partial charge in [0.1, 0.15) is 12.4 Å². The van der Waals surface area contributed by atoms with E-state index in [0.717, 1.165) is 27.6 Å². The van der Waals surface area contributed by atoms with E-state index in [-0.39, 0.29) is 18.4 Å². The Morgan fingerprint density at radius 1 is 0.968 bits per heavy atom. The lowest BCUT2D eigenvalue weighted by Gasteiger charge is -2.14. The first-order valence-electron chi connectivity index (χ1n) is 9.83. The molecule has 0 saturated carbocycles. The fraction of sp³-hybridized carbons (Fsp3) is 0.292. The monoisotopic (exact) mass is 431 g/mol. The first-order chi connectivity index (χ1) is 14.7. The topological polar surface area (TPSA) is 47.6 Å². The van der Waals surface area contributed by atoms with Gasteiger partial charge in [0.2, 0.25) is 5.91 Å². The Hall–Kier alpha value is -3.06. The van der Waals surface area contributed by atoms with Crippen LogP contribution in [0.3, 0.4) is 0 Å². The van der Waals surface area contributed by atoms with Gasteiger partial charge in [-0.2, -0.15) is 13.2 Å². The van der Waals surface area contributed by atoms with Gasteiger partial charge >= 0.3 is 6.18 Å². The molecule has 0 saturated heterocycles. The second-order valence-electron chi connectivity index (χ2n) is 7.34. The first kappa shape index (κ1) is 22.6. The number of fused-ring (bicyclic) bond motifs is 1. The van der Waals surface area contributed by atoms with Crippen LogP contribution in [-0.4, -0.2) is 25.8 Å². The lowest BCUT2D eigenvalue weighted by Crippen LogP contribution is -2.27. The third-order valence-electron chi connectivity index (χ3n) is 4.99. The number of amides is 1. The smallest absolute Gasteiger partial charge is 0.411 e. The summed E-state index contributed by atoms with van der Waals surface area (Å²) in [5.74, 6) is 0.343. The van der Waals surface area contributed by atoms with Crippen molar-refractivity contribution in [1.29, 1.82) is 0 Å². The number of benzene rings is 3. The lowest BCUT2D eigenvalue weighted by atomic mass is 9.97. The number of methoxy groups -OCH3 is 1. The van der Waals surface area contributed by atoms with Gasteiger partial charge in [-0.25, -0.2) is 0 Å². The molecule has 1 amide bonds. The quantitative estimate of drug-likeness (QED) is 0.523. The molecule has 31 heavy (non-hydrogen) atoms. The standard InChI is InChI=1S/C24H24F3NO3/c1-16(19-7-8-21-12-22(30-2)10-9-20(21)11-19)23(29)28-13-17-3-5-18(6-4-17)14-31-15-24(25,26)27/h3-12,16H,13-15H2,1-2H3,(H,28,29)/t16-/m0/s1. The van der Waals surface area contributed by atoms with Gasteiger partial charge in [-0.05, 0) is 46.5 Å². The van der Waals surface area contributed by atoms with Gasteiger partial charge in [0.05, 0.1) is 19.6 Å². The minimum absolute atomic E-state index is 0.106. The Morgan fingerprint density at radius 2 is 1.61 bits per heavy atom.